The minimum atomic E-state index is -0.216. The molecule has 204 valence electrons. The predicted octanol–water partition coefficient (Wildman–Crippen LogP) is 3.32. The van der Waals surface area contributed by atoms with Gasteiger partial charge < -0.3 is 29.8 Å². The fourth-order valence-corrected chi connectivity index (χ4v) is 5.71. The Hall–Kier alpha value is -3.92. The third-order valence-electron chi connectivity index (χ3n) is 8.15. The average molecular weight is 530 g/mol. The average Bonchev–Trinajstić information content (AvgIpc) is 3.62. The standard InChI is InChI=1S/C29H35N7O3/c1-16-5-9-20(30)15-35(16)29(38)19-11-22-25(24(13-19)39-4)34(3)27(33-22)23-12-18-8-10-21(28(37)31-2)32-26(18)36(23)14-17-6-7-17/h8,10-13,16-17,20H,5-7,9,14-15,30H2,1-4H3,(H,31,37)/t16-,20+/m0/s1. The van der Waals surface area contributed by atoms with Crippen molar-refractivity contribution in [2.75, 3.05) is 20.7 Å². The van der Waals surface area contributed by atoms with Crippen LogP contribution in [0.3, 0.4) is 0 Å². The van der Waals surface area contributed by atoms with Gasteiger partial charge in [-0.3, -0.25) is 9.59 Å². The van der Waals surface area contributed by atoms with Crippen LogP contribution in [0.25, 0.3) is 33.6 Å². The molecule has 0 radical (unpaired) electrons. The van der Waals surface area contributed by atoms with Crippen molar-refractivity contribution in [1.29, 1.82) is 0 Å². The van der Waals surface area contributed by atoms with E-state index in [2.05, 4.69) is 22.9 Å². The van der Waals surface area contributed by atoms with E-state index in [-0.39, 0.29) is 23.9 Å². The van der Waals surface area contributed by atoms with Crippen LogP contribution in [0.15, 0.2) is 30.3 Å². The maximum Gasteiger partial charge on any atom is 0.269 e. The van der Waals surface area contributed by atoms with E-state index in [1.54, 1.807) is 26.3 Å². The molecule has 10 nitrogen and oxygen atoms in total. The molecule has 1 saturated heterocycles. The molecule has 4 aromatic rings. The zero-order chi connectivity index (χ0) is 27.4. The largest absolute Gasteiger partial charge is 0.494 e. The molecular weight excluding hydrogens is 494 g/mol. The Kier molecular flexibility index (Phi) is 6.29. The summed E-state index contributed by atoms with van der Waals surface area (Å²) in [6.45, 7) is 3.42. The number of amides is 2. The van der Waals surface area contributed by atoms with Crippen LogP contribution in [0.2, 0.25) is 0 Å². The number of rotatable bonds is 6. The number of aryl methyl sites for hydroxylation is 1. The van der Waals surface area contributed by atoms with Gasteiger partial charge in [0, 0.05) is 50.2 Å². The number of aromatic nitrogens is 4. The molecule has 39 heavy (non-hydrogen) atoms. The number of likely N-dealkylation sites (tertiary alicyclic amines) is 1. The summed E-state index contributed by atoms with van der Waals surface area (Å²) in [7, 11) is 5.18. The van der Waals surface area contributed by atoms with Crippen LogP contribution in [0.1, 0.15) is 53.5 Å². The van der Waals surface area contributed by atoms with Crippen molar-refractivity contribution in [1.82, 2.24) is 29.3 Å². The molecule has 4 heterocycles. The van der Waals surface area contributed by atoms with Crippen LogP contribution in [0.4, 0.5) is 0 Å². The lowest BCUT2D eigenvalue weighted by atomic mass is 9.99. The second-order valence-corrected chi connectivity index (χ2v) is 11.0. The smallest absolute Gasteiger partial charge is 0.269 e. The number of pyridine rings is 1. The van der Waals surface area contributed by atoms with Gasteiger partial charge >= 0.3 is 0 Å². The highest BCUT2D eigenvalue weighted by Gasteiger charge is 2.30. The molecule has 0 bridgehead atoms. The molecule has 1 aliphatic heterocycles. The first-order valence-electron chi connectivity index (χ1n) is 13.6. The minimum absolute atomic E-state index is 0.0110. The Bertz CT molecular complexity index is 1600. The fourth-order valence-electron chi connectivity index (χ4n) is 5.71. The van der Waals surface area contributed by atoms with Crippen molar-refractivity contribution in [3.05, 3.63) is 41.6 Å². The number of nitrogens with two attached hydrogens (primary N) is 1. The molecule has 3 N–H and O–H groups in total. The molecular formula is C29H35N7O3. The summed E-state index contributed by atoms with van der Waals surface area (Å²) in [6, 6.07) is 9.54. The number of fused-ring (bicyclic) bond motifs is 2. The number of methoxy groups -OCH3 is 1. The minimum Gasteiger partial charge on any atom is -0.494 e. The second kappa shape index (κ2) is 9.68. The topological polar surface area (TPSA) is 120 Å². The lowest BCUT2D eigenvalue weighted by molar-refractivity contribution is 0.0612. The number of carbonyl (C=O) groups is 2. The number of hydrogen-bond donors (Lipinski definition) is 2. The van der Waals surface area contributed by atoms with Gasteiger partial charge in [0.1, 0.15) is 22.6 Å². The maximum atomic E-state index is 13.6. The Morgan fingerprint density at radius 1 is 1.13 bits per heavy atom. The Morgan fingerprint density at radius 2 is 1.92 bits per heavy atom. The van der Waals surface area contributed by atoms with Crippen molar-refractivity contribution in [3.8, 4) is 17.3 Å². The molecule has 2 fully saturated rings. The van der Waals surface area contributed by atoms with E-state index in [0.717, 1.165) is 47.5 Å². The number of ether oxygens (including phenoxy) is 1. The highest BCUT2D eigenvalue weighted by molar-refractivity contribution is 6.00. The third kappa shape index (κ3) is 4.42. The zero-order valence-corrected chi connectivity index (χ0v) is 22.9. The quantitative estimate of drug-likeness (QED) is 0.395. The van der Waals surface area contributed by atoms with Crippen LogP contribution in [0, 0.1) is 5.92 Å². The lowest BCUT2D eigenvalue weighted by Crippen LogP contribution is -2.50. The monoisotopic (exact) mass is 529 g/mol. The van der Waals surface area contributed by atoms with E-state index in [1.807, 2.05) is 28.6 Å². The lowest BCUT2D eigenvalue weighted by Gasteiger charge is -2.36. The normalized spacial score (nSPS) is 19.6. The highest BCUT2D eigenvalue weighted by atomic mass is 16.5. The summed E-state index contributed by atoms with van der Waals surface area (Å²) in [4.78, 5) is 37.5. The predicted molar refractivity (Wildman–Crippen MR) is 150 cm³/mol. The molecule has 1 aliphatic carbocycles. The van der Waals surface area contributed by atoms with E-state index in [0.29, 0.717) is 35.0 Å². The van der Waals surface area contributed by atoms with Crippen molar-refractivity contribution in [3.63, 3.8) is 0 Å². The summed E-state index contributed by atoms with van der Waals surface area (Å²) in [5.74, 6) is 1.65. The summed E-state index contributed by atoms with van der Waals surface area (Å²) in [5, 5.41) is 3.61. The van der Waals surface area contributed by atoms with Crippen LogP contribution >= 0.6 is 0 Å². The first-order valence-corrected chi connectivity index (χ1v) is 13.6. The molecule has 0 unspecified atom stereocenters. The summed E-state index contributed by atoms with van der Waals surface area (Å²) in [5.41, 5.74) is 10.3. The number of nitrogens with one attached hydrogen (secondary N) is 1. The van der Waals surface area contributed by atoms with Gasteiger partial charge in [0.25, 0.3) is 11.8 Å². The van der Waals surface area contributed by atoms with Gasteiger partial charge in [-0.15, -0.1) is 0 Å². The van der Waals surface area contributed by atoms with Gasteiger partial charge in [0.2, 0.25) is 0 Å². The molecule has 1 saturated carbocycles. The molecule has 2 amide bonds. The van der Waals surface area contributed by atoms with E-state index >= 15 is 0 Å². The van der Waals surface area contributed by atoms with Crippen molar-refractivity contribution < 1.29 is 14.3 Å². The maximum absolute atomic E-state index is 13.6. The van der Waals surface area contributed by atoms with E-state index < -0.39 is 0 Å². The number of imidazole rings is 1. The van der Waals surface area contributed by atoms with Crippen molar-refractivity contribution >= 4 is 33.9 Å². The third-order valence-corrected chi connectivity index (χ3v) is 8.15. The Labute approximate surface area is 227 Å². The highest BCUT2D eigenvalue weighted by Crippen LogP contribution is 2.37. The molecule has 2 atom stereocenters. The van der Waals surface area contributed by atoms with Gasteiger partial charge in [-0.1, -0.05) is 0 Å². The number of hydrogen-bond acceptors (Lipinski definition) is 6. The first kappa shape index (κ1) is 25.4. The van der Waals surface area contributed by atoms with Gasteiger partial charge in [-0.25, -0.2) is 9.97 Å². The van der Waals surface area contributed by atoms with Gasteiger partial charge in [0.15, 0.2) is 5.82 Å². The van der Waals surface area contributed by atoms with Gasteiger partial charge in [-0.2, -0.15) is 0 Å². The van der Waals surface area contributed by atoms with Crippen LogP contribution in [0.5, 0.6) is 5.75 Å². The van der Waals surface area contributed by atoms with Gasteiger partial charge in [0.05, 0.1) is 18.3 Å². The molecule has 6 rings (SSSR count). The molecule has 3 aromatic heterocycles. The second-order valence-electron chi connectivity index (χ2n) is 11.0. The number of piperidine rings is 1. The summed E-state index contributed by atoms with van der Waals surface area (Å²) in [6.07, 6.45) is 4.16. The van der Waals surface area contributed by atoms with Crippen LogP contribution in [-0.4, -0.2) is 68.6 Å². The van der Waals surface area contributed by atoms with Crippen molar-refractivity contribution in [2.45, 2.75) is 51.2 Å². The number of benzene rings is 1. The van der Waals surface area contributed by atoms with Crippen molar-refractivity contribution in [2.24, 2.45) is 18.7 Å². The molecule has 1 aromatic carbocycles. The first-order chi connectivity index (χ1) is 18.8. The molecule has 10 heteroatoms. The van der Waals surface area contributed by atoms with Crippen LogP contribution < -0.4 is 15.8 Å². The number of nitrogens with zero attached hydrogens (tertiary/aromatic N) is 5. The molecule has 0 spiro atoms. The summed E-state index contributed by atoms with van der Waals surface area (Å²) < 4.78 is 9.97. The SMILES string of the molecule is CNC(=O)c1ccc2cc(-c3nc4cc(C(=O)N5C[C@H](N)CC[C@@H]5C)cc(OC)c4n3C)n(CC3CC3)c2n1. The van der Waals surface area contributed by atoms with E-state index in [1.165, 1.54) is 12.8 Å². The molecule has 2 aliphatic rings. The summed E-state index contributed by atoms with van der Waals surface area (Å²) >= 11 is 0. The van der Waals surface area contributed by atoms with E-state index in [9.17, 15) is 9.59 Å². The van der Waals surface area contributed by atoms with Crippen LogP contribution in [-0.2, 0) is 13.6 Å². The number of carbonyl (C=O) groups excluding carboxylic acids is 2. The Balaban J connectivity index is 1.48. The van der Waals surface area contributed by atoms with Gasteiger partial charge in [-0.05, 0) is 68.9 Å². The fraction of sp³-hybridized carbons (Fsp3) is 0.448. The zero-order valence-electron chi connectivity index (χ0n) is 22.9. The Morgan fingerprint density at radius 3 is 2.64 bits per heavy atom. The van der Waals surface area contributed by atoms with E-state index in [4.69, 9.17) is 20.4 Å².